The van der Waals surface area contributed by atoms with Gasteiger partial charge in [-0.05, 0) is 35.8 Å². The number of carbonyl (C=O) groups excluding carboxylic acids is 1. The molecule has 4 aromatic rings. The van der Waals surface area contributed by atoms with Crippen LogP contribution in [0.1, 0.15) is 42.2 Å². The van der Waals surface area contributed by atoms with Crippen molar-refractivity contribution in [2.45, 2.75) is 54.8 Å². The molecule has 0 amide bonds. The summed E-state index contributed by atoms with van der Waals surface area (Å²) in [5, 5.41) is 11.7. The Morgan fingerprint density at radius 2 is 2.07 bits per heavy atom. The molecule has 2 fully saturated rings. The molecule has 3 aromatic heterocycles. The van der Waals surface area contributed by atoms with Crippen LogP contribution < -0.4 is 0 Å². The highest BCUT2D eigenvalue weighted by molar-refractivity contribution is 9.10. The lowest BCUT2D eigenvalue weighted by atomic mass is 9.95. The van der Waals surface area contributed by atoms with E-state index in [9.17, 15) is 4.79 Å². The summed E-state index contributed by atoms with van der Waals surface area (Å²) in [7, 11) is 0. The Kier molecular flexibility index (Phi) is 9.74. The zero-order valence-electron chi connectivity index (χ0n) is 23.0. The van der Waals surface area contributed by atoms with Crippen LogP contribution in [0.15, 0.2) is 63.5 Å². The van der Waals surface area contributed by atoms with Crippen LogP contribution >= 0.6 is 50.6 Å². The molecule has 2 saturated heterocycles. The maximum atomic E-state index is 12.8. The maximum Gasteiger partial charge on any atom is 0.358 e. The van der Waals surface area contributed by atoms with Gasteiger partial charge in [-0.1, -0.05) is 58.9 Å². The van der Waals surface area contributed by atoms with E-state index in [1.54, 1.807) is 23.2 Å². The van der Waals surface area contributed by atoms with Crippen LogP contribution in [0.3, 0.4) is 0 Å². The average molecular weight is 709 g/mol. The number of hydrogen-bond acceptors (Lipinski definition) is 12. The average Bonchev–Trinajstić information content (AvgIpc) is 3.67. The van der Waals surface area contributed by atoms with Crippen LogP contribution in [0.25, 0.3) is 10.7 Å². The van der Waals surface area contributed by atoms with Crippen molar-refractivity contribution in [3.63, 3.8) is 0 Å². The molecule has 2 aliphatic rings. The zero-order chi connectivity index (χ0) is 29.9. The van der Waals surface area contributed by atoms with Crippen molar-refractivity contribution < 1.29 is 28.5 Å². The molecule has 0 N–H and O–H groups in total. The smallest absolute Gasteiger partial charge is 0.358 e. The van der Waals surface area contributed by atoms with Crippen molar-refractivity contribution in [3.8, 4) is 10.7 Å². The van der Waals surface area contributed by atoms with Gasteiger partial charge in [-0.3, -0.25) is 0 Å². The summed E-state index contributed by atoms with van der Waals surface area (Å²) in [6, 6.07) is 11.1. The molecule has 226 valence electrons. The van der Waals surface area contributed by atoms with Crippen LogP contribution in [0, 0.1) is 0 Å². The number of thiazole rings is 1. The van der Waals surface area contributed by atoms with Gasteiger partial charge in [-0.25, -0.2) is 19.4 Å². The number of esters is 1. The first-order valence-corrected chi connectivity index (χ1v) is 16.5. The van der Waals surface area contributed by atoms with Gasteiger partial charge in [0.25, 0.3) is 0 Å². The standard InChI is InChI=1S/C28H27BrClN5O6S2/c1-3-37-24-22(35-12-17(33-34-35)25-32-20(30)14-42-25)23-18(13-39-27(41-23)15-8-6-5-7-9-15)40-28(24)43-19-10-16(29)11-31-21(19)26(36)38-4-2/h5-12,14,18,22-24,27-28H,3-4,13H2,1-2H3/t18?,22-,23-,24?,27?,28+/m0/s1. The van der Waals surface area contributed by atoms with Crippen molar-refractivity contribution in [1.82, 2.24) is 25.0 Å². The number of hydrogen-bond donors (Lipinski definition) is 0. The molecule has 2 aliphatic heterocycles. The van der Waals surface area contributed by atoms with Gasteiger partial charge in [0.15, 0.2) is 12.0 Å². The highest BCUT2D eigenvalue weighted by atomic mass is 79.9. The highest BCUT2D eigenvalue weighted by Crippen LogP contribution is 2.45. The number of thioether (sulfide) groups is 1. The molecule has 0 spiro atoms. The predicted octanol–water partition coefficient (Wildman–Crippen LogP) is 5.97. The molecule has 6 atom stereocenters. The third-order valence-electron chi connectivity index (χ3n) is 6.78. The van der Waals surface area contributed by atoms with Crippen molar-refractivity contribution in [2.24, 2.45) is 0 Å². The number of fused-ring (bicyclic) bond motifs is 1. The first-order valence-electron chi connectivity index (χ1n) is 13.6. The van der Waals surface area contributed by atoms with E-state index in [-0.39, 0.29) is 18.9 Å². The molecular weight excluding hydrogens is 682 g/mol. The largest absolute Gasteiger partial charge is 0.461 e. The van der Waals surface area contributed by atoms with Crippen LogP contribution in [0.2, 0.25) is 5.15 Å². The Balaban J connectivity index is 1.38. The van der Waals surface area contributed by atoms with Gasteiger partial charge >= 0.3 is 5.97 Å². The number of ether oxygens (including phenoxy) is 5. The van der Waals surface area contributed by atoms with E-state index in [0.717, 1.165) is 5.56 Å². The maximum absolute atomic E-state index is 12.8. The predicted molar refractivity (Wildman–Crippen MR) is 163 cm³/mol. The summed E-state index contributed by atoms with van der Waals surface area (Å²) in [5.41, 5.74) is 1.06. The summed E-state index contributed by atoms with van der Waals surface area (Å²) in [6.07, 6.45) is 1.21. The molecule has 0 radical (unpaired) electrons. The first-order chi connectivity index (χ1) is 20.9. The molecule has 0 bridgehead atoms. The fourth-order valence-electron chi connectivity index (χ4n) is 4.99. The van der Waals surface area contributed by atoms with Crippen LogP contribution in [0.5, 0.6) is 0 Å². The Bertz CT molecular complexity index is 1560. The summed E-state index contributed by atoms with van der Waals surface area (Å²) in [4.78, 5) is 22.1. The van der Waals surface area contributed by atoms with Gasteiger partial charge in [0.2, 0.25) is 0 Å². The van der Waals surface area contributed by atoms with Crippen molar-refractivity contribution >= 4 is 56.6 Å². The SMILES string of the molecule is CCOC(=O)c1ncc(Br)cc1S[C@H]1OC2COC(c3ccccc3)O[C@@H]2[C@H](n2cc(-c3nc(Cl)cs3)nn2)C1OCC. The monoisotopic (exact) mass is 707 g/mol. The topological polar surface area (TPSA) is 120 Å². The Morgan fingerprint density at radius 1 is 1.23 bits per heavy atom. The number of pyridine rings is 1. The molecule has 6 rings (SSSR count). The highest BCUT2D eigenvalue weighted by Gasteiger charge is 2.52. The molecule has 0 saturated carbocycles. The normalized spacial score (nSPS) is 25.3. The second kappa shape index (κ2) is 13.7. The Labute approximate surface area is 269 Å². The van der Waals surface area contributed by atoms with Crippen LogP contribution in [-0.2, 0) is 23.7 Å². The van der Waals surface area contributed by atoms with E-state index in [4.69, 9.17) is 35.3 Å². The van der Waals surface area contributed by atoms with Gasteiger partial charge < -0.3 is 23.7 Å². The second-order valence-electron chi connectivity index (χ2n) is 9.53. The zero-order valence-corrected chi connectivity index (χ0v) is 27.0. The second-order valence-corrected chi connectivity index (χ2v) is 12.8. The van der Waals surface area contributed by atoms with Gasteiger partial charge in [-0.15, -0.1) is 16.4 Å². The van der Waals surface area contributed by atoms with E-state index >= 15 is 0 Å². The van der Waals surface area contributed by atoms with Gasteiger partial charge in [0.05, 0.1) is 19.4 Å². The summed E-state index contributed by atoms with van der Waals surface area (Å²) in [5.74, 6) is -0.520. The summed E-state index contributed by atoms with van der Waals surface area (Å²) < 4.78 is 33.5. The number of carbonyl (C=O) groups is 1. The van der Waals surface area contributed by atoms with Crippen LogP contribution in [-0.4, -0.2) is 74.5 Å². The van der Waals surface area contributed by atoms with E-state index in [1.807, 2.05) is 49.5 Å². The molecule has 5 heterocycles. The third-order valence-corrected chi connectivity index (χ3v) is 9.58. The van der Waals surface area contributed by atoms with E-state index < -0.39 is 42.0 Å². The van der Waals surface area contributed by atoms with Gasteiger partial charge in [0.1, 0.15) is 45.6 Å². The molecule has 11 nitrogen and oxygen atoms in total. The first kappa shape index (κ1) is 30.6. The Morgan fingerprint density at radius 3 is 2.81 bits per heavy atom. The van der Waals surface area contributed by atoms with Crippen molar-refractivity contribution in [1.29, 1.82) is 0 Å². The van der Waals surface area contributed by atoms with Crippen molar-refractivity contribution in [3.05, 3.63) is 75.1 Å². The lowest BCUT2D eigenvalue weighted by Crippen LogP contribution is -2.59. The van der Waals surface area contributed by atoms with Crippen LogP contribution in [0.4, 0.5) is 0 Å². The molecule has 3 unspecified atom stereocenters. The molecule has 43 heavy (non-hydrogen) atoms. The van der Waals surface area contributed by atoms with E-state index in [0.29, 0.717) is 31.8 Å². The van der Waals surface area contributed by atoms with Gasteiger partial charge in [-0.2, -0.15) is 0 Å². The lowest BCUT2D eigenvalue weighted by Gasteiger charge is -2.49. The molecule has 0 aliphatic carbocycles. The third kappa shape index (κ3) is 6.66. The fourth-order valence-corrected chi connectivity index (χ4v) is 7.64. The molecule has 15 heteroatoms. The minimum absolute atomic E-state index is 0.191. The summed E-state index contributed by atoms with van der Waals surface area (Å²) >= 11 is 12.3. The van der Waals surface area contributed by atoms with Gasteiger partial charge in [0, 0.05) is 33.1 Å². The number of rotatable bonds is 9. The van der Waals surface area contributed by atoms with E-state index in [2.05, 4.69) is 36.2 Å². The van der Waals surface area contributed by atoms with E-state index in [1.165, 1.54) is 23.1 Å². The summed E-state index contributed by atoms with van der Waals surface area (Å²) in [6.45, 7) is 4.55. The van der Waals surface area contributed by atoms with Crippen molar-refractivity contribution in [2.75, 3.05) is 19.8 Å². The lowest BCUT2D eigenvalue weighted by molar-refractivity contribution is -0.309. The molecular formula is C28H27BrClN5O6S2. The number of nitrogens with zero attached hydrogens (tertiary/aromatic N) is 5. The fraction of sp³-hybridized carbons (Fsp3) is 0.393. The number of benzene rings is 1. The minimum atomic E-state index is -0.606. The number of aromatic nitrogens is 5. The molecule has 1 aromatic carbocycles. The Hall–Kier alpha value is -2.43. The minimum Gasteiger partial charge on any atom is -0.461 e. The number of halogens is 2. The quantitative estimate of drug-likeness (QED) is 0.192.